The molecule has 0 saturated carbocycles. The Morgan fingerprint density at radius 2 is 2.03 bits per heavy atom. The predicted octanol–water partition coefficient (Wildman–Crippen LogP) is 2.65. The van der Waals surface area contributed by atoms with Gasteiger partial charge in [-0.05, 0) is 13.3 Å². The number of ketones is 1. The largest absolute Gasteiger partial charge is 0.444 e. The van der Waals surface area contributed by atoms with Gasteiger partial charge in [-0.25, -0.2) is 23.8 Å². The number of nitrogens with zero attached hydrogens (tertiary/aromatic N) is 4. The SMILES string of the molecule is CC(=O)CC[C@H]1CN(c2cc(F)c(N3CCNN(C(=O)NCc4cncs4)CC3)c(F)c2)C(=O)O1. The first-order chi connectivity index (χ1) is 16.8. The molecule has 35 heavy (non-hydrogen) atoms. The summed E-state index contributed by atoms with van der Waals surface area (Å²) in [7, 11) is 0. The molecule has 1 aromatic carbocycles. The summed E-state index contributed by atoms with van der Waals surface area (Å²) in [5.41, 5.74) is 4.48. The van der Waals surface area contributed by atoms with Gasteiger partial charge < -0.3 is 19.7 Å². The molecule has 188 valence electrons. The van der Waals surface area contributed by atoms with Gasteiger partial charge in [0.15, 0.2) is 11.6 Å². The highest BCUT2D eigenvalue weighted by Gasteiger charge is 2.34. The highest BCUT2D eigenvalue weighted by Crippen LogP contribution is 2.31. The molecule has 2 aliphatic heterocycles. The number of anilines is 2. The maximum absolute atomic E-state index is 15.1. The lowest BCUT2D eigenvalue weighted by atomic mass is 10.1. The summed E-state index contributed by atoms with van der Waals surface area (Å²) >= 11 is 1.43. The molecule has 3 amide bonds. The van der Waals surface area contributed by atoms with Gasteiger partial charge in [0.05, 0.1) is 30.8 Å². The highest BCUT2D eigenvalue weighted by molar-refractivity contribution is 7.09. The molecular weight excluding hydrogens is 482 g/mol. The first-order valence-corrected chi connectivity index (χ1v) is 12.1. The van der Waals surface area contributed by atoms with Crippen molar-refractivity contribution in [3.8, 4) is 0 Å². The lowest BCUT2D eigenvalue weighted by Crippen LogP contribution is -2.48. The molecule has 0 unspecified atom stereocenters. The number of hydrazine groups is 1. The zero-order valence-electron chi connectivity index (χ0n) is 19.1. The minimum atomic E-state index is -0.817. The van der Waals surface area contributed by atoms with Crippen molar-refractivity contribution in [2.75, 3.05) is 42.5 Å². The summed E-state index contributed by atoms with van der Waals surface area (Å²) in [5, 5.41) is 4.16. The molecule has 10 nitrogen and oxygen atoms in total. The van der Waals surface area contributed by atoms with Crippen molar-refractivity contribution in [1.82, 2.24) is 20.7 Å². The Hall–Kier alpha value is -3.32. The summed E-state index contributed by atoms with van der Waals surface area (Å²) in [5.74, 6) is -1.66. The van der Waals surface area contributed by atoms with Crippen LogP contribution in [0.1, 0.15) is 24.6 Å². The Kier molecular flexibility index (Phi) is 7.76. The summed E-state index contributed by atoms with van der Waals surface area (Å²) in [6.07, 6.45) is 1.07. The van der Waals surface area contributed by atoms with Crippen LogP contribution in [0.4, 0.5) is 29.7 Å². The van der Waals surface area contributed by atoms with Gasteiger partial charge in [0.2, 0.25) is 0 Å². The van der Waals surface area contributed by atoms with Crippen LogP contribution in [-0.2, 0) is 16.1 Å². The predicted molar refractivity (Wildman–Crippen MR) is 125 cm³/mol. The number of hydrogen-bond donors (Lipinski definition) is 2. The molecule has 2 fully saturated rings. The first-order valence-electron chi connectivity index (χ1n) is 11.2. The van der Waals surface area contributed by atoms with Gasteiger partial charge in [-0.15, -0.1) is 11.3 Å². The quantitative estimate of drug-likeness (QED) is 0.592. The number of carbonyl (C=O) groups excluding carboxylic acids is 3. The molecule has 2 N–H and O–H groups in total. The third-order valence-corrected chi connectivity index (χ3v) is 6.52. The second-order valence-corrected chi connectivity index (χ2v) is 9.26. The van der Waals surface area contributed by atoms with E-state index in [1.807, 2.05) is 0 Å². The molecule has 2 saturated heterocycles. The number of cyclic esters (lactones) is 1. The Balaban J connectivity index is 1.39. The van der Waals surface area contributed by atoms with E-state index >= 15 is 8.78 Å². The highest BCUT2D eigenvalue weighted by atomic mass is 32.1. The Morgan fingerprint density at radius 1 is 1.26 bits per heavy atom. The van der Waals surface area contributed by atoms with Gasteiger partial charge in [-0.2, -0.15) is 0 Å². The number of nitrogens with one attached hydrogen (secondary N) is 2. The van der Waals surface area contributed by atoms with E-state index in [4.69, 9.17) is 4.74 Å². The van der Waals surface area contributed by atoms with E-state index in [1.165, 1.54) is 33.1 Å². The number of thiazole rings is 1. The van der Waals surface area contributed by atoms with Crippen LogP contribution in [0.15, 0.2) is 23.8 Å². The number of carbonyl (C=O) groups is 3. The van der Waals surface area contributed by atoms with E-state index in [1.54, 1.807) is 11.7 Å². The number of Topliss-reactive ketones (excluding diaryl/α,β-unsaturated/α-hetero) is 1. The zero-order chi connectivity index (χ0) is 24.9. The fourth-order valence-corrected chi connectivity index (χ4v) is 4.51. The number of benzene rings is 1. The van der Waals surface area contributed by atoms with Crippen LogP contribution in [0.3, 0.4) is 0 Å². The number of halogens is 2. The Bertz CT molecular complexity index is 1060. The summed E-state index contributed by atoms with van der Waals surface area (Å²) in [6.45, 7) is 2.87. The maximum Gasteiger partial charge on any atom is 0.414 e. The monoisotopic (exact) mass is 508 g/mol. The molecule has 2 aliphatic rings. The standard InChI is InChI=1S/C22H26F2N6O4S/c1-14(31)2-3-16-12-29(22(33)34-16)15-8-18(23)20(19(24)9-15)28-5-4-27-30(7-6-28)21(32)26-11-17-10-25-13-35-17/h8-10,13,16,27H,2-7,11-12H2,1H3,(H,26,32)/t16-/m0/s1. The number of rotatable bonds is 7. The molecule has 1 atom stereocenters. The zero-order valence-corrected chi connectivity index (χ0v) is 19.9. The molecular formula is C22H26F2N6O4S. The Morgan fingerprint density at radius 3 is 2.71 bits per heavy atom. The van der Waals surface area contributed by atoms with E-state index in [-0.39, 0.29) is 55.8 Å². The summed E-state index contributed by atoms with van der Waals surface area (Å²) in [4.78, 5) is 43.4. The molecule has 0 radical (unpaired) electrons. The molecule has 0 aliphatic carbocycles. The molecule has 1 aromatic heterocycles. The first kappa shape index (κ1) is 24.8. The minimum absolute atomic E-state index is 0.0243. The average molecular weight is 509 g/mol. The number of ether oxygens (including phenoxy) is 1. The van der Waals surface area contributed by atoms with Crippen molar-refractivity contribution >= 4 is 40.6 Å². The van der Waals surface area contributed by atoms with Crippen molar-refractivity contribution in [3.05, 3.63) is 40.4 Å². The van der Waals surface area contributed by atoms with Gasteiger partial charge >= 0.3 is 12.1 Å². The van der Waals surface area contributed by atoms with Crippen LogP contribution in [0.2, 0.25) is 0 Å². The van der Waals surface area contributed by atoms with Gasteiger partial charge in [0.1, 0.15) is 17.6 Å². The third kappa shape index (κ3) is 6.03. The van der Waals surface area contributed by atoms with Crippen LogP contribution >= 0.6 is 11.3 Å². The molecule has 2 aromatic rings. The normalized spacial score (nSPS) is 18.4. The third-order valence-electron chi connectivity index (χ3n) is 5.74. The number of urea groups is 1. The van der Waals surface area contributed by atoms with Gasteiger partial charge in [0, 0.05) is 49.3 Å². The molecule has 0 spiro atoms. The van der Waals surface area contributed by atoms with E-state index in [2.05, 4.69) is 15.7 Å². The van der Waals surface area contributed by atoms with Gasteiger partial charge in [0.25, 0.3) is 0 Å². The second kappa shape index (κ2) is 11.0. The van der Waals surface area contributed by atoms with Crippen molar-refractivity contribution in [1.29, 1.82) is 0 Å². The van der Waals surface area contributed by atoms with Crippen molar-refractivity contribution < 1.29 is 27.9 Å². The van der Waals surface area contributed by atoms with Crippen LogP contribution in [0, 0.1) is 11.6 Å². The number of aromatic nitrogens is 1. The molecule has 0 bridgehead atoms. The van der Waals surface area contributed by atoms with Crippen LogP contribution in [-0.4, -0.2) is 66.7 Å². The van der Waals surface area contributed by atoms with Gasteiger partial charge in [-0.1, -0.05) is 0 Å². The second-order valence-electron chi connectivity index (χ2n) is 8.29. The summed E-state index contributed by atoms with van der Waals surface area (Å²) in [6, 6.07) is 1.86. The minimum Gasteiger partial charge on any atom is -0.444 e. The number of hydrogen-bond acceptors (Lipinski definition) is 8. The number of amides is 3. The van der Waals surface area contributed by atoms with Crippen molar-refractivity contribution in [2.24, 2.45) is 0 Å². The van der Waals surface area contributed by atoms with Crippen LogP contribution in [0.5, 0.6) is 0 Å². The fourth-order valence-electron chi connectivity index (χ4n) is 3.97. The van der Waals surface area contributed by atoms with Crippen molar-refractivity contribution in [2.45, 2.75) is 32.4 Å². The fraction of sp³-hybridized carbons (Fsp3) is 0.455. The average Bonchev–Trinajstić information content (AvgIpc) is 3.39. The Labute approximate surface area is 204 Å². The lowest BCUT2D eigenvalue weighted by Gasteiger charge is -2.25. The van der Waals surface area contributed by atoms with Gasteiger partial charge in [-0.3, -0.25) is 14.9 Å². The molecule has 13 heteroatoms. The molecule has 3 heterocycles. The van der Waals surface area contributed by atoms with E-state index in [9.17, 15) is 14.4 Å². The van der Waals surface area contributed by atoms with Crippen LogP contribution in [0.25, 0.3) is 0 Å². The van der Waals surface area contributed by atoms with Crippen molar-refractivity contribution in [3.63, 3.8) is 0 Å². The molecule has 4 rings (SSSR count). The van der Waals surface area contributed by atoms with E-state index in [0.717, 1.165) is 17.0 Å². The summed E-state index contributed by atoms with van der Waals surface area (Å²) < 4.78 is 35.4. The lowest BCUT2D eigenvalue weighted by molar-refractivity contribution is -0.117. The maximum atomic E-state index is 15.1. The van der Waals surface area contributed by atoms with Crippen LogP contribution < -0.4 is 20.5 Å². The van der Waals surface area contributed by atoms with E-state index < -0.39 is 23.8 Å². The smallest absolute Gasteiger partial charge is 0.414 e. The topological polar surface area (TPSA) is 107 Å². The van der Waals surface area contributed by atoms with E-state index in [0.29, 0.717) is 19.5 Å².